The molecule has 2 aliphatic heterocycles. The summed E-state index contributed by atoms with van der Waals surface area (Å²) < 4.78 is 11.1. The molecule has 0 aliphatic carbocycles. The van der Waals surface area contributed by atoms with Gasteiger partial charge in [-0.25, -0.2) is 0 Å². The van der Waals surface area contributed by atoms with E-state index in [9.17, 15) is 19.8 Å². The summed E-state index contributed by atoms with van der Waals surface area (Å²) in [5, 5.41) is 20.7. The molecule has 2 unspecified atom stereocenters. The first-order valence-corrected chi connectivity index (χ1v) is 10.4. The number of ether oxygens (including phenoxy) is 2. The average Bonchev–Trinajstić information content (AvgIpc) is 3.37. The summed E-state index contributed by atoms with van der Waals surface area (Å²) in [7, 11) is 0. The predicted molar refractivity (Wildman–Crippen MR) is 114 cm³/mol. The number of likely N-dealkylation sites (tertiary alicyclic amines) is 1. The van der Waals surface area contributed by atoms with Gasteiger partial charge in [-0.2, -0.15) is 0 Å². The standard InChI is InChI=1S/C24H25NO6/c1-2-30-18-11-7-16(8-12-18)22(27)20-21(15-5-9-17(26)10-6-15)25(24(29)23(20)28)14-19-4-3-13-31-19/h5-12,19,21,26-27H,2-4,13-14H2,1H3/b22-20+. The molecule has 0 spiro atoms. The number of carbonyl (C=O) groups excluding carboxylic acids is 2. The monoisotopic (exact) mass is 423 g/mol. The summed E-state index contributed by atoms with van der Waals surface area (Å²) in [5.74, 6) is -0.919. The van der Waals surface area contributed by atoms with Gasteiger partial charge in [-0.05, 0) is 61.7 Å². The van der Waals surface area contributed by atoms with E-state index in [0.717, 1.165) is 12.8 Å². The number of hydrogen-bond donors (Lipinski definition) is 2. The van der Waals surface area contributed by atoms with Gasteiger partial charge in [0.25, 0.3) is 11.7 Å². The van der Waals surface area contributed by atoms with Crippen LogP contribution in [0.4, 0.5) is 0 Å². The van der Waals surface area contributed by atoms with Crippen LogP contribution in [0.1, 0.15) is 36.9 Å². The quantitative estimate of drug-likeness (QED) is 0.420. The summed E-state index contributed by atoms with van der Waals surface area (Å²) in [6, 6.07) is 12.3. The zero-order chi connectivity index (χ0) is 22.0. The molecule has 0 bridgehead atoms. The van der Waals surface area contributed by atoms with Crippen molar-refractivity contribution in [2.45, 2.75) is 31.9 Å². The van der Waals surface area contributed by atoms with Gasteiger partial charge in [0.2, 0.25) is 0 Å². The van der Waals surface area contributed by atoms with Gasteiger partial charge >= 0.3 is 0 Å². The summed E-state index contributed by atoms with van der Waals surface area (Å²) in [6.45, 7) is 3.28. The number of Topliss-reactive ketones (excluding diaryl/α,β-unsaturated/α-hetero) is 1. The predicted octanol–water partition coefficient (Wildman–Crippen LogP) is 3.39. The van der Waals surface area contributed by atoms with Crippen molar-refractivity contribution < 1.29 is 29.3 Å². The van der Waals surface area contributed by atoms with E-state index in [1.807, 2.05) is 6.92 Å². The van der Waals surface area contributed by atoms with Gasteiger partial charge in [0.1, 0.15) is 17.3 Å². The van der Waals surface area contributed by atoms with E-state index < -0.39 is 17.7 Å². The highest BCUT2D eigenvalue weighted by Crippen LogP contribution is 2.40. The van der Waals surface area contributed by atoms with E-state index in [2.05, 4.69) is 0 Å². The zero-order valence-electron chi connectivity index (χ0n) is 17.3. The van der Waals surface area contributed by atoms with Crippen LogP contribution in [-0.2, 0) is 14.3 Å². The molecule has 2 N–H and O–H groups in total. The van der Waals surface area contributed by atoms with Crippen molar-refractivity contribution in [1.29, 1.82) is 0 Å². The van der Waals surface area contributed by atoms with Crippen LogP contribution in [0.5, 0.6) is 11.5 Å². The van der Waals surface area contributed by atoms with E-state index >= 15 is 0 Å². The second kappa shape index (κ2) is 8.81. The number of phenols is 1. The maximum Gasteiger partial charge on any atom is 0.295 e. The second-order valence-electron chi connectivity index (χ2n) is 7.64. The van der Waals surface area contributed by atoms with Crippen LogP contribution in [0.25, 0.3) is 5.76 Å². The molecule has 2 fully saturated rings. The molecule has 0 radical (unpaired) electrons. The SMILES string of the molecule is CCOc1ccc(/C(O)=C2\C(=O)C(=O)N(CC3CCCO3)C2c2ccc(O)cc2)cc1. The summed E-state index contributed by atoms with van der Waals surface area (Å²) >= 11 is 0. The number of nitrogens with zero attached hydrogens (tertiary/aromatic N) is 1. The number of benzene rings is 2. The van der Waals surface area contributed by atoms with E-state index in [4.69, 9.17) is 9.47 Å². The second-order valence-corrected chi connectivity index (χ2v) is 7.64. The van der Waals surface area contributed by atoms with Gasteiger partial charge < -0.3 is 24.6 Å². The third-order valence-electron chi connectivity index (χ3n) is 5.61. The van der Waals surface area contributed by atoms with E-state index in [1.165, 1.54) is 17.0 Å². The van der Waals surface area contributed by atoms with Crippen molar-refractivity contribution in [3.8, 4) is 11.5 Å². The number of ketones is 1. The first kappa shape index (κ1) is 20.9. The molecule has 2 aromatic rings. The van der Waals surface area contributed by atoms with Crippen molar-refractivity contribution in [2.24, 2.45) is 0 Å². The number of aliphatic hydroxyl groups is 1. The van der Waals surface area contributed by atoms with Crippen molar-refractivity contribution in [3.63, 3.8) is 0 Å². The highest BCUT2D eigenvalue weighted by molar-refractivity contribution is 6.46. The Bertz CT molecular complexity index is 990. The molecule has 0 saturated carbocycles. The van der Waals surface area contributed by atoms with Crippen molar-refractivity contribution >= 4 is 17.4 Å². The summed E-state index contributed by atoms with van der Waals surface area (Å²) in [4.78, 5) is 27.4. The Morgan fingerprint density at radius 3 is 2.45 bits per heavy atom. The van der Waals surface area contributed by atoms with Gasteiger partial charge in [0.05, 0.1) is 24.3 Å². The Balaban J connectivity index is 1.77. The smallest absolute Gasteiger partial charge is 0.295 e. The van der Waals surface area contributed by atoms with E-state index in [-0.39, 0.29) is 29.7 Å². The zero-order valence-corrected chi connectivity index (χ0v) is 17.3. The van der Waals surface area contributed by atoms with Crippen LogP contribution in [0.3, 0.4) is 0 Å². The molecule has 162 valence electrons. The van der Waals surface area contributed by atoms with Crippen LogP contribution in [0, 0.1) is 0 Å². The van der Waals surface area contributed by atoms with Gasteiger partial charge in [-0.3, -0.25) is 9.59 Å². The molecule has 2 saturated heterocycles. The van der Waals surface area contributed by atoms with Crippen LogP contribution < -0.4 is 4.74 Å². The maximum absolute atomic E-state index is 13.0. The minimum Gasteiger partial charge on any atom is -0.508 e. The Hall–Kier alpha value is -3.32. The van der Waals surface area contributed by atoms with Crippen LogP contribution in [0.2, 0.25) is 0 Å². The Morgan fingerprint density at radius 1 is 1.13 bits per heavy atom. The lowest BCUT2D eigenvalue weighted by atomic mass is 9.95. The molecule has 2 aromatic carbocycles. The molecule has 7 heteroatoms. The fourth-order valence-corrected chi connectivity index (χ4v) is 4.11. The molecule has 2 atom stereocenters. The van der Waals surface area contributed by atoms with Gasteiger partial charge in [-0.1, -0.05) is 12.1 Å². The highest BCUT2D eigenvalue weighted by Gasteiger charge is 2.47. The van der Waals surface area contributed by atoms with Gasteiger partial charge in [-0.15, -0.1) is 0 Å². The minimum absolute atomic E-state index is 0.0258. The molecule has 2 aliphatic rings. The molecular formula is C24H25NO6. The number of phenolic OH excluding ortho intramolecular Hbond substituents is 1. The molecule has 2 heterocycles. The fraction of sp³-hybridized carbons (Fsp3) is 0.333. The number of aliphatic hydroxyl groups excluding tert-OH is 1. The van der Waals surface area contributed by atoms with Gasteiger partial charge in [0.15, 0.2) is 0 Å². The lowest BCUT2D eigenvalue weighted by molar-refractivity contribution is -0.140. The van der Waals surface area contributed by atoms with Crippen molar-refractivity contribution in [2.75, 3.05) is 19.8 Å². The molecule has 7 nitrogen and oxygen atoms in total. The molecule has 31 heavy (non-hydrogen) atoms. The lowest BCUT2D eigenvalue weighted by Gasteiger charge is -2.27. The first-order valence-electron chi connectivity index (χ1n) is 10.4. The number of aromatic hydroxyl groups is 1. The highest BCUT2D eigenvalue weighted by atomic mass is 16.5. The average molecular weight is 423 g/mol. The third-order valence-corrected chi connectivity index (χ3v) is 5.61. The van der Waals surface area contributed by atoms with Crippen LogP contribution >= 0.6 is 0 Å². The van der Waals surface area contributed by atoms with Crippen molar-refractivity contribution in [3.05, 3.63) is 65.2 Å². The van der Waals surface area contributed by atoms with Gasteiger partial charge in [0, 0.05) is 18.7 Å². The topological polar surface area (TPSA) is 96.3 Å². The molecule has 4 rings (SSSR count). The third kappa shape index (κ3) is 4.14. The lowest BCUT2D eigenvalue weighted by Crippen LogP contribution is -2.36. The maximum atomic E-state index is 13.0. The summed E-state index contributed by atoms with van der Waals surface area (Å²) in [5.41, 5.74) is 1.07. The number of hydrogen-bond acceptors (Lipinski definition) is 6. The fourth-order valence-electron chi connectivity index (χ4n) is 4.11. The summed E-state index contributed by atoms with van der Waals surface area (Å²) in [6.07, 6.45) is 1.57. The van der Waals surface area contributed by atoms with Crippen molar-refractivity contribution in [1.82, 2.24) is 4.90 Å². The first-order chi connectivity index (χ1) is 15.0. The van der Waals surface area contributed by atoms with E-state index in [0.29, 0.717) is 30.1 Å². The largest absolute Gasteiger partial charge is 0.508 e. The Morgan fingerprint density at radius 2 is 1.84 bits per heavy atom. The number of amides is 1. The molecule has 1 amide bonds. The molecular weight excluding hydrogens is 398 g/mol. The molecule has 0 aromatic heterocycles. The number of rotatable bonds is 6. The Labute approximate surface area is 180 Å². The minimum atomic E-state index is -0.767. The normalized spacial score (nSPS) is 22.8. The number of carbonyl (C=O) groups is 2. The van der Waals surface area contributed by atoms with Crippen LogP contribution in [0.15, 0.2) is 54.1 Å². The van der Waals surface area contributed by atoms with E-state index in [1.54, 1.807) is 36.4 Å². The Kier molecular flexibility index (Phi) is 5.95. The van der Waals surface area contributed by atoms with Crippen LogP contribution in [-0.4, -0.2) is 52.7 Å².